The minimum absolute atomic E-state index is 0.0665. The van der Waals surface area contributed by atoms with Crippen LogP contribution in [0.15, 0.2) is 53.3 Å². The Labute approximate surface area is 168 Å². The van der Waals surface area contributed by atoms with E-state index in [-0.39, 0.29) is 24.0 Å². The Morgan fingerprint density at radius 3 is 2.48 bits per heavy atom. The zero-order valence-corrected chi connectivity index (χ0v) is 16.4. The molecule has 1 aliphatic heterocycles. The van der Waals surface area contributed by atoms with Crippen molar-refractivity contribution in [2.75, 3.05) is 16.8 Å². The number of aryl methyl sites for hydroxylation is 1. The number of carbonyl (C=O) groups is 2. The maximum absolute atomic E-state index is 12.8. The number of hydrogen-bond donors (Lipinski definition) is 1. The lowest BCUT2D eigenvalue weighted by molar-refractivity contribution is -0.117. The molecule has 1 aromatic heterocycles. The Morgan fingerprint density at radius 1 is 1.03 bits per heavy atom. The van der Waals surface area contributed by atoms with Gasteiger partial charge in [0, 0.05) is 30.9 Å². The predicted octanol–water partition coefficient (Wildman–Crippen LogP) is 2.98. The van der Waals surface area contributed by atoms with Gasteiger partial charge in [0.1, 0.15) is 6.54 Å². The molecule has 0 radical (unpaired) electrons. The third-order valence-electron chi connectivity index (χ3n) is 5.19. The number of nitrogens with one attached hydrogen (secondary N) is 1. The summed E-state index contributed by atoms with van der Waals surface area (Å²) in [4.78, 5) is 39.2. The zero-order chi connectivity index (χ0) is 20.4. The Kier molecular flexibility index (Phi) is 5.20. The maximum atomic E-state index is 12.8. The lowest BCUT2D eigenvalue weighted by Crippen LogP contribution is -2.29. The van der Waals surface area contributed by atoms with Crippen LogP contribution in [-0.4, -0.2) is 27.5 Å². The van der Waals surface area contributed by atoms with Crippen molar-refractivity contribution in [3.05, 3.63) is 59.0 Å². The van der Waals surface area contributed by atoms with Crippen LogP contribution in [0.1, 0.15) is 26.2 Å². The van der Waals surface area contributed by atoms with Gasteiger partial charge in [-0.15, -0.1) is 0 Å². The largest absolute Gasteiger partial charge is 0.329 e. The van der Waals surface area contributed by atoms with Gasteiger partial charge in [-0.25, -0.2) is 4.79 Å². The molecule has 0 unspecified atom stereocenters. The van der Waals surface area contributed by atoms with E-state index in [4.69, 9.17) is 0 Å². The first kappa shape index (κ1) is 19.0. The number of imidazole rings is 1. The van der Waals surface area contributed by atoms with Crippen molar-refractivity contribution in [1.82, 2.24) is 9.13 Å². The summed E-state index contributed by atoms with van der Waals surface area (Å²) in [5.74, 6) is -0.180. The average Bonchev–Trinajstić information content (AvgIpc) is 3.25. The molecule has 0 saturated carbocycles. The lowest BCUT2D eigenvalue weighted by atomic mass is 10.2. The standard InChI is InChI=1S/C22H24N4O3/c1-2-12-25-18-9-3-4-10-19(18)26(22(25)29)15-20(27)23-16-7-5-8-17(14-16)24-13-6-11-21(24)28/h3-5,7-10,14H,2,6,11-13,15H2,1H3,(H,23,27). The molecule has 0 spiro atoms. The number of nitrogens with zero attached hydrogens (tertiary/aromatic N) is 3. The second-order valence-electron chi connectivity index (χ2n) is 7.26. The number of fused-ring (bicyclic) bond motifs is 1. The predicted molar refractivity (Wildman–Crippen MR) is 113 cm³/mol. The molecule has 0 aliphatic carbocycles. The van der Waals surface area contributed by atoms with Gasteiger partial charge in [-0.3, -0.25) is 18.7 Å². The summed E-state index contributed by atoms with van der Waals surface area (Å²) in [6, 6.07) is 14.8. The van der Waals surface area contributed by atoms with Gasteiger partial charge < -0.3 is 10.2 Å². The van der Waals surface area contributed by atoms with Crippen LogP contribution < -0.4 is 15.9 Å². The maximum Gasteiger partial charge on any atom is 0.329 e. The molecule has 7 heteroatoms. The van der Waals surface area contributed by atoms with Crippen LogP contribution in [0.5, 0.6) is 0 Å². The van der Waals surface area contributed by atoms with E-state index < -0.39 is 0 Å². The van der Waals surface area contributed by atoms with Gasteiger partial charge in [0.05, 0.1) is 11.0 Å². The fourth-order valence-corrected chi connectivity index (χ4v) is 3.88. The molecule has 1 fully saturated rings. The van der Waals surface area contributed by atoms with E-state index in [1.54, 1.807) is 21.6 Å². The molecule has 0 atom stereocenters. The summed E-state index contributed by atoms with van der Waals surface area (Å²) in [6.07, 6.45) is 2.24. The molecule has 29 heavy (non-hydrogen) atoms. The number of rotatable bonds is 6. The highest BCUT2D eigenvalue weighted by molar-refractivity contribution is 5.97. The van der Waals surface area contributed by atoms with E-state index in [9.17, 15) is 14.4 Å². The second-order valence-corrected chi connectivity index (χ2v) is 7.26. The molecule has 1 aliphatic rings. The molecule has 150 valence electrons. The number of anilines is 2. The van der Waals surface area contributed by atoms with Crippen LogP contribution in [0.2, 0.25) is 0 Å². The van der Waals surface area contributed by atoms with Crippen LogP contribution in [0.25, 0.3) is 11.0 Å². The molecular formula is C22H24N4O3. The quantitative estimate of drug-likeness (QED) is 0.701. The van der Waals surface area contributed by atoms with Crippen LogP contribution in [0.3, 0.4) is 0 Å². The highest BCUT2D eigenvalue weighted by Gasteiger charge is 2.22. The van der Waals surface area contributed by atoms with Gasteiger partial charge in [-0.05, 0) is 43.2 Å². The van der Waals surface area contributed by atoms with E-state index in [2.05, 4.69) is 5.32 Å². The minimum Gasteiger partial charge on any atom is -0.324 e. The average molecular weight is 392 g/mol. The fraction of sp³-hybridized carbons (Fsp3) is 0.318. The van der Waals surface area contributed by atoms with Crippen molar-refractivity contribution in [3.8, 4) is 0 Å². The molecule has 1 N–H and O–H groups in total. The number of amides is 2. The highest BCUT2D eigenvalue weighted by Crippen LogP contribution is 2.24. The van der Waals surface area contributed by atoms with Gasteiger partial charge in [-0.2, -0.15) is 0 Å². The third-order valence-corrected chi connectivity index (χ3v) is 5.19. The Hall–Kier alpha value is -3.35. The minimum atomic E-state index is -0.281. The lowest BCUT2D eigenvalue weighted by Gasteiger charge is -2.16. The molecule has 2 aromatic carbocycles. The SMILES string of the molecule is CCCn1c(=O)n(CC(=O)Nc2cccc(N3CCCC3=O)c2)c2ccccc21. The molecule has 3 aromatic rings. The number of benzene rings is 2. The van der Waals surface area contributed by atoms with E-state index in [0.29, 0.717) is 25.2 Å². The van der Waals surface area contributed by atoms with Crippen molar-refractivity contribution in [2.45, 2.75) is 39.3 Å². The summed E-state index contributed by atoms with van der Waals surface area (Å²) in [7, 11) is 0. The topological polar surface area (TPSA) is 76.3 Å². The summed E-state index contributed by atoms with van der Waals surface area (Å²) in [5, 5.41) is 2.86. The monoisotopic (exact) mass is 392 g/mol. The van der Waals surface area contributed by atoms with Crippen molar-refractivity contribution >= 4 is 34.2 Å². The van der Waals surface area contributed by atoms with Crippen molar-refractivity contribution in [1.29, 1.82) is 0 Å². The third kappa shape index (κ3) is 3.68. The molecule has 1 saturated heterocycles. The Morgan fingerprint density at radius 2 is 1.79 bits per heavy atom. The van der Waals surface area contributed by atoms with Gasteiger partial charge in [0.15, 0.2) is 0 Å². The normalized spacial score (nSPS) is 14.0. The summed E-state index contributed by atoms with van der Waals surface area (Å²) in [5.41, 5.74) is 2.79. The van der Waals surface area contributed by atoms with E-state index >= 15 is 0 Å². The first-order chi connectivity index (χ1) is 14.1. The number of para-hydroxylation sites is 2. The molecule has 2 amide bonds. The Bertz CT molecular complexity index is 1130. The van der Waals surface area contributed by atoms with Crippen molar-refractivity contribution < 1.29 is 9.59 Å². The molecule has 0 bridgehead atoms. The molecule has 4 rings (SSSR count). The Balaban J connectivity index is 1.56. The van der Waals surface area contributed by atoms with Gasteiger partial charge >= 0.3 is 5.69 Å². The molecular weight excluding hydrogens is 368 g/mol. The zero-order valence-electron chi connectivity index (χ0n) is 16.4. The van der Waals surface area contributed by atoms with Gasteiger partial charge in [-0.1, -0.05) is 25.1 Å². The van der Waals surface area contributed by atoms with Crippen molar-refractivity contribution in [3.63, 3.8) is 0 Å². The van der Waals surface area contributed by atoms with E-state index in [1.807, 2.05) is 43.3 Å². The first-order valence-electron chi connectivity index (χ1n) is 9.97. The molecule has 2 heterocycles. The fourth-order valence-electron chi connectivity index (χ4n) is 3.88. The highest BCUT2D eigenvalue weighted by atomic mass is 16.2. The van der Waals surface area contributed by atoms with Crippen LogP contribution >= 0.6 is 0 Å². The van der Waals surface area contributed by atoms with Gasteiger partial charge in [0.25, 0.3) is 0 Å². The number of hydrogen-bond acceptors (Lipinski definition) is 3. The van der Waals surface area contributed by atoms with Crippen molar-refractivity contribution in [2.24, 2.45) is 0 Å². The number of aromatic nitrogens is 2. The summed E-state index contributed by atoms with van der Waals surface area (Å²) >= 11 is 0. The van der Waals surface area contributed by atoms with Crippen LogP contribution in [-0.2, 0) is 22.7 Å². The van der Waals surface area contributed by atoms with E-state index in [1.165, 1.54) is 4.57 Å². The second kappa shape index (κ2) is 7.95. The first-order valence-corrected chi connectivity index (χ1v) is 9.97. The van der Waals surface area contributed by atoms with E-state index in [0.717, 1.165) is 29.6 Å². The summed E-state index contributed by atoms with van der Waals surface area (Å²) in [6.45, 7) is 3.26. The van der Waals surface area contributed by atoms with Crippen LogP contribution in [0.4, 0.5) is 11.4 Å². The molecule has 7 nitrogen and oxygen atoms in total. The smallest absolute Gasteiger partial charge is 0.324 e. The number of carbonyl (C=O) groups excluding carboxylic acids is 2. The summed E-state index contributed by atoms with van der Waals surface area (Å²) < 4.78 is 3.22. The van der Waals surface area contributed by atoms with Crippen LogP contribution in [0, 0.1) is 0 Å². The van der Waals surface area contributed by atoms with Gasteiger partial charge in [0.2, 0.25) is 11.8 Å².